The molecule has 1 aliphatic rings. The highest BCUT2D eigenvalue weighted by Gasteiger charge is 2.33. The fourth-order valence-corrected chi connectivity index (χ4v) is 3.36. The Morgan fingerprint density at radius 3 is 2.41 bits per heavy atom. The predicted octanol–water partition coefficient (Wildman–Crippen LogP) is 3.28. The summed E-state index contributed by atoms with van der Waals surface area (Å²) >= 11 is 0. The van der Waals surface area contributed by atoms with Crippen molar-refractivity contribution in [2.75, 3.05) is 38.0 Å². The van der Waals surface area contributed by atoms with Crippen LogP contribution in [0.25, 0.3) is 0 Å². The third-order valence-electron chi connectivity index (χ3n) is 4.94. The van der Waals surface area contributed by atoms with Crippen molar-refractivity contribution in [3.63, 3.8) is 0 Å². The summed E-state index contributed by atoms with van der Waals surface area (Å²) in [5.74, 6) is 0.143. The Morgan fingerprint density at radius 1 is 1.07 bits per heavy atom. The van der Waals surface area contributed by atoms with Crippen molar-refractivity contribution >= 4 is 23.2 Å². The van der Waals surface area contributed by atoms with E-state index in [4.69, 9.17) is 4.74 Å². The van der Waals surface area contributed by atoms with E-state index in [2.05, 4.69) is 5.32 Å². The van der Waals surface area contributed by atoms with Gasteiger partial charge >= 0.3 is 0 Å². The molecule has 0 radical (unpaired) electrons. The number of ether oxygens (including phenoxy) is 1. The lowest BCUT2D eigenvalue weighted by Gasteiger charge is -2.26. The summed E-state index contributed by atoms with van der Waals surface area (Å²) in [6.07, 6.45) is 1.94. The fraction of sp³-hybridized carbons (Fsp3) is 0.391. The minimum absolute atomic E-state index is 0.00502. The number of benzene rings is 2. The van der Waals surface area contributed by atoms with E-state index in [9.17, 15) is 9.59 Å². The van der Waals surface area contributed by atoms with Gasteiger partial charge < -0.3 is 19.9 Å². The molecule has 6 nitrogen and oxygen atoms in total. The number of carbonyl (C=O) groups is 2. The van der Waals surface area contributed by atoms with E-state index in [1.54, 1.807) is 0 Å². The normalized spacial score (nSPS) is 13.1. The van der Waals surface area contributed by atoms with Gasteiger partial charge in [0.1, 0.15) is 6.61 Å². The Morgan fingerprint density at radius 2 is 1.79 bits per heavy atom. The number of methoxy groups -OCH3 is 1. The number of carbonyl (C=O) groups excluding carboxylic acids is 2. The lowest BCUT2D eigenvalue weighted by molar-refractivity contribution is -0.133. The molecule has 6 heteroatoms. The second-order valence-electron chi connectivity index (χ2n) is 7.67. The van der Waals surface area contributed by atoms with E-state index >= 15 is 0 Å². The average Bonchev–Trinajstić information content (AvgIpc) is 3.53. The largest absolute Gasteiger partial charge is 0.377 e. The maximum absolute atomic E-state index is 13.0. The van der Waals surface area contributed by atoms with Gasteiger partial charge in [0, 0.05) is 51.6 Å². The topological polar surface area (TPSA) is 61.9 Å². The highest BCUT2D eigenvalue weighted by Crippen LogP contribution is 2.33. The minimum Gasteiger partial charge on any atom is -0.377 e. The molecule has 1 aliphatic carbocycles. The zero-order chi connectivity index (χ0) is 20.8. The summed E-state index contributed by atoms with van der Waals surface area (Å²) in [5, 5.41) is 2.85. The van der Waals surface area contributed by atoms with Crippen LogP contribution < -0.4 is 10.2 Å². The summed E-state index contributed by atoms with van der Waals surface area (Å²) in [6.45, 7) is 1.07. The van der Waals surface area contributed by atoms with Gasteiger partial charge in [-0.25, -0.2) is 0 Å². The van der Waals surface area contributed by atoms with E-state index in [0.717, 1.165) is 29.7 Å². The summed E-state index contributed by atoms with van der Waals surface area (Å²) in [5.41, 5.74) is 3.83. The minimum atomic E-state index is -0.203. The van der Waals surface area contributed by atoms with Crippen LogP contribution in [0.3, 0.4) is 0 Å². The number of amides is 2. The smallest absolute Gasteiger partial charge is 0.250 e. The molecule has 0 bridgehead atoms. The molecule has 3 rings (SSSR count). The number of hydrogen-bond acceptors (Lipinski definition) is 4. The maximum Gasteiger partial charge on any atom is 0.250 e. The third-order valence-corrected chi connectivity index (χ3v) is 4.94. The lowest BCUT2D eigenvalue weighted by atomic mass is 10.1. The molecular formula is C23H29N3O3. The number of nitrogens with zero attached hydrogens (tertiary/aromatic N) is 2. The van der Waals surface area contributed by atoms with Crippen molar-refractivity contribution in [1.29, 1.82) is 0 Å². The van der Waals surface area contributed by atoms with Crippen molar-refractivity contribution in [3.05, 3.63) is 59.7 Å². The molecule has 0 aliphatic heterocycles. The molecule has 1 saturated carbocycles. The van der Waals surface area contributed by atoms with Crippen molar-refractivity contribution in [1.82, 2.24) is 4.90 Å². The lowest BCUT2D eigenvalue weighted by Crippen LogP contribution is -2.32. The van der Waals surface area contributed by atoms with E-state index in [-0.39, 0.29) is 24.3 Å². The molecule has 0 saturated heterocycles. The first kappa shape index (κ1) is 20.9. The number of nitrogens with one attached hydrogen (secondary N) is 1. The Hall–Kier alpha value is -2.86. The number of hydrogen-bond donors (Lipinski definition) is 1. The molecule has 0 unspecified atom stereocenters. The SMILES string of the molecule is COCC(=O)Nc1ccc(N(C)C)c(CN(Cc2ccccc2)C(=O)C2CC2)c1. The average molecular weight is 396 g/mol. The highest BCUT2D eigenvalue weighted by molar-refractivity contribution is 5.92. The van der Waals surface area contributed by atoms with E-state index in [1.165, 1.54) is 7.11 Å². The van der Waals surface area contributed by atoms with Gasteiger partial charge in [0.15, 0.2) is 0 Å². The molecule has 0 aromatic heterocycles. The fourth-order valence-electron chi connectivity index (χ4n) is 3.36. The van der Waals surface area contributed by atoms with Gasteiger partial charge in [-0.15, -0.1) is 0 Å². The molecule has 29 heavy (non-hydrogen) atoms. The second kappa shape index (κ2) is 9.56. The molecule has 2 amide bonds. The zero-order valence-electron chi connectivity index (χ0n) is 17.4. The van der Waals surface area contributed by atoms with Gasteiger partial charge in [-0.1, -0.05) is 30.3 Å². The van der Waals surface area contributed by atoms with Crippen LogP contribution in [-0.2, 0) is 27.4 Å². The quantitative estimate of drug-likeness (QED) is 0.708. The molecule has 2 aromatic rings. The van der Waals surface area contributed by atoms with Crippen molar-refractivity contribution in [3.8, 4) is 0 Å². The van der Waals surface area contributed by atoms with E-state index in [1.807, 2.05) is 72.4 Å². The van der Waals surface area contributed by atoms with Crippen molar-refractivity contribution in [2.24, 2.45) is 5.92 Å². The summed E-state index contributed by atoms with van der Waals surface area (Å²) in [6, 6.07) is 15.8. The van der Waals surface area contributed by atoms with Crippen LogP contribution in [0.2, 0.25) is 0 Å². The van der Waals surface area contributed by atoms with Crippen LogP contribution in [0.4, 0.5) is 11.4 Å². The molecule has 154 valence electrons. The first-order chi connectivity index (χ1) is 14.0. The maximum atomic E-state index is 13.0. The Kier molecular flexibility index (Phi) is 6.88. The van der Waals surface area contributed by atoms with Gasteiger partial charge in [-0.05, 0) is 42.2 Å². The van der Waals surface area contributed by atoms with Crippen LogP contribution in [0.1, 0.15) is 24.0 Å². The van der Waals surface area contributed by atoms with E-state index < -0.39 is 0 Å². The van der Waals surface area contributed by atoms with Crippen LogP contribution in [-0.4, -0.2) is 44.5 Å². The standard InChI is InChI=1S/C23H29N3O3/c1-25(2)21-12-11-20(24-22(27)16-29-3)13-19(21)15-26(23(28)18-9-10-18)14-17-7-5-4-6-8-17/h4-8,11-13,18H,9-10,14-16H2,1-3H3,(H,24,27). The van der Waals surface area contributed by atoms with Crippen LogP contribution in [0, 0.1) is 5.92 Å². The monoisotopic (exact) mass is 395 g/mol. The molecule has 2 aromatic carbocycles. The predicted molar refractivity (Wildman–Crippen MR) is 115 cm³/mol. The molecular weight excluding hydrogens is 366 g/mol. The van der Waals surface area contributed by atoms with Crippen LogP contribution in [0.5, 0.6) is 0 Å². The van der Waals surface area contributed by atoms with Gasteiger partial charge in [0.2, 0.25) is 11.8 Å². The summed E-state index contributed by atoms with van der Waals surface area (Å²) < 4.78 is 4.89. The van der Waals surface area contributed by atoms with Gasteiger partial charge in [-0.3, -0.25) is 9.59 Å². The van der Waals surface area contributed by atoms with E-state index in [0.29, 0.717) is 18.8 Å². The first-order valence-corrected chi connectivity index (χ1v) is 9.89. The Labute approximate surface area is 172 Å². The number of anilines is 2. The Balaban J connectivity index is 1.85. The van der Waals surface area contributed by atoms with Crippen LogP contribution in [0.15, 0.2) is 48.5 Å². The Bertz CT molecular complexity index is 848. The van der Waals surface area contributed by atoms with Gasteiger partial charge in [0.05, 0.1) is 0 Å². The molecule has 0 atom stereocenters. The molecule has 0 heterocycles. The highest BCUT2D eigenvalue weighted by atomic mass is 16.5. The molecule has 0 spiro atoms. The molecule has 1 N–H and O–H groups in total. The van der Waals surface area contributed by atoms with Crippen molar-refractivity contribution in [2.45, 2.75) is 25.9 Å². The van der Waals surface area contributed by atoms with Gasteiger partial charge in [-0.2, -0.15) is 0 Å². The van der Waals surface area contributed by atoms with Crippen LogP contribution >= 0.6 is 0 Å². The first-order valence-electron chi connectivity index (χ1n) is 9.89. The third kappa shape index (κ3) is 5.81. The summed E-state index contributed by atoms with van der Waals surface area (Å²) in [4.78, 5) is 28.8. The summed E-state index contributed by atoms with van der Waals surface area (Å²) in [7, 11) is 5.45. The second-order valence-corrected chi connectivity index (χ2v) is 7.67. The van der Waals surface area contributed by atoms with Crippen molar-refractivity contribution < 1.29 is 14.3 Å². The molecule has 1 fully saturated rings. The number of rotatable bonds is 9. The zero-order valence-corrected chi connectivity index (χ0v) is 17.4. The van der Waals surface area contributed by atoms with Gasteiger partial charge in [0.25, 0.3) is 0 Å².